The van der Waals surface area contributed by atoms with E-state index in [1.807, 2.05) is 13.8 Å². The number of urea groups is 1. The molecule has 1 aliphatic carbocycles. The highest BCUT2D eigenvalue weighted by Crippen LogP contribution is 2.33. The highest BCUT2D eigenvalue weighted by Gasteiger charge is 2.23. The highest BCUT2D eigenvalue weighted by atomic mass is 32.1. The Kier molecular flexibility index (Phi) is 5.70. The van der Waals surface area contributed by atoms with Gasteiger partial charge in [-0.05, 0) is 38.2 Å². The quantitative estimate of drug-likeness (QED) is 0.855. The lowest BCUT2D eigenvalue weighted by molar-refractivity contribution is -0.122. The van der Waals surface area contributed by atoms with E-state index in [1.165, 1.54) is 12.7 Å². The number of aryl methyl sites for hydroxylation is 2. The van der Waals surface area contributed by atoms with E-state index in [4.69, 9.17) is 4.74 Å². The van der Waals surface area contributed by atoms with E-state index >= 15 is 0 Å². The van der Waals surface area contributed by atoms with Crippen LogP contribution < -0.4 is 15.4 Å². The lowest BCUT2D eigenvalue weighted by Crippen LogP contribution is -2.48. The summed E-state index contributed by atoms with van der Waals surface area (Å²) in [5.41, 5.74) is 1.05. The Morgan fingerprint density at radius 2 is 2.04 bits per heavy atom. The third-order valence-electron chi connectivity index (χ3n) is 4.95. The first kappa shape index (κ1) is 18.6. The van der Waals surface area contributed by atoms with Crippen molar-refractivity contribution in [1.29, 1.82) is 0 Å². The Morgan fingerprint density at radius 1 is 1.27 bits per heavy atom. The Morgan fingerprint density at radius 3 is 2.81 bits per heavy atom. The molecule has 2 aromatic heterocycles. The molecule has 0 aromatic carbocycles. The average Bonchev–Trinajstić information content (AvgIpc) is 2.90. The van der Waals surface area contributed by atoms with Crippen LogP contribution in [-0.4, -0.2) is 34.6 Å². The largest absolute Gasteiger partial charge is 0.467 e. The van der Waals surface area contributed by atoms with Crippen LogP contribution >= 0.6 is 11.3 Å². The third kappa shape index (κ3) is 4.12. The van der Waals surface area contributed by atoms with Crippen molar-refractivity contribution in [1.82, 2.24) is 20.6 Å². The van der Waals surface area contributed by atoms with Gasteiger partial charge in [-0.3, -0.25) is 10.1 Å². The fraction of sp³-hybridized carbons (Fsp3) is 0.556. The van der Waals surface area contributed by atoms with Gasteiger partial charge in [-0.2, -0.15) is 0 Å². The van der Waals surface area contributed by atoms with Crippen LogP contribution in [-0.2, 0) is 4.79 Å². The summed E-state index contributed by atoms with van der Waals surface area (Å²) in [6.07, 6.45) is 5.78. The van der Waals surface area contributed by atoms with Gasteiger partial charge in [-0.25, -0.2) is 14.8 Å². The second-order valence-corrected chi connectivity index (χ2v) is 8.02. The normalized spacial score (nSPS) is 20.0. The van der Waals surface area contributed by atoms with Gasteiger partial charge in [-0.15, -0.1) is 11.3 Å². The summed E-state index contributed by atoms with van der Waals surface area (Å²) in [4.78, 5) is 34.4. The maximum atomic E-state index is 12.0. The number of thiophene rings is 1. The number of hydrogen-bond acceptors (Lipinski definition) is 6. The number of fused-ring (bicyclic) bond motifs is 1. The molecule has 3 amide bonds. The van der Waals surface area contributed by atoms with Gasteiger partial charge in [0.15, 0.2) is 6.61 Å². The number of imide groups is 1. The van der Waals surface area contributed by atoms with Crippen LogP contribution in [0, 0.1) is 19.8 Å². The molecule has 8 heteroatoms. The summed E-state index contributed by atoms with van der Waals surface area (Å²) < 4.78 is 5.55. The average molecular weight is 376 g/mol. The fourth-order valence-corrected chi connectivity index (χ4v) is 4.28. The SMILES string of the molecule is Cc1sc2ncnc(OCC(=O)NC(=O)NC3CCCCC3C)c2c1C. The van der Waals surface area contributed by atoms with Crippen molar-refractivity contribution in [2.45, 2.75) is 52.5 Å². The van der Waals surface area contributed by atoms with E-state index in [2.05, 4.69) is 27.5 Å². The van der Waals surface area contributed by atoms with Crippen LogP contribution in [0.4, 0.5) is 4.79 Å². The van der Waals surface area contributed by atoms with Crippen LogP contribution in [0.5, 0.6) is 5.88 Å². The number of aromatic nitrogens is 2. The second-order valence-electron chi connectivity index (χ2n) is 6.82. The molecule has 2 unspecified atom stereocenters. The zero-order valence-corrected chi connectivity index (χ0v) is 16.1. The summed E-state index contributed by atoms with van der Waals surface area (Å²) in [7, 11) is 0. The lowest BCUT2D eigenvalue weighted by Gasteiger charge is -2.29. The molecule has 2 atom stereocenters. The van der Waals surface area contributed by atoms with E-state index in [0.717, 1.165) is 39.9 Å². The van der Waals surface area contributed by atoms with Crippen molar-refractivity contribution >= 4 is 33.5 Å². The van der Waals surface area contributed by atoms with Crippen molar-refractivity contribution in [3.8, 4) is 5.88 Å². The Labute approximate surface area is 156 Å². The molecule has 1 aliphatic rings. The number of ether oxygens (including phenoxy) is 1. The van der Waals surface area contributed by atoms with E-state index in [9.17, 15) is 9.59 Å². The molecular weight excluding hydrogens is 352 g/mol. The molecule has 0 saturated heterocycles. The molecule has 1 fully saturated rings. The predicted molar refractivity (Wildman–Crippen MR) is 100 cm³/mol. The minimum atomic E-state index is -0.498. The minimum Gasteiger partial charge on any atom is -0.467 e. The van der Waals surface area contributed by atoms with Gasteiger partial charge in [0.1, 0.15) is 11.2 Å². The number of amides is 3. The molecule has 140 valence electrons. The van der Waals surface area contributed by atoms with Crippen LogP contribution in [0.2, 0.25) is 0 Å². The van der Waals surface area contributed by atoms with Crippen LogP contribution in [0.25, 0.3) is 10.2 Å². The van der Waals surface area contributed by atoms with Gasteiger partial charge >= 0.3 is 6.03 Å². The molecule has 3 rings (SSSR count). The maximum absolute atomic E-state index is 12.0. The summed E-state index contributed by atoms with van der Waals surface area (Å²) >= 11 is 1.56. The predicted octanol–water partition coefficient (Wildman–Crippen LogP) is 3.09. The smallest absolute Gasteiger partial charge is 0.321 e. The first-order chi connectivity index (χ1) is 12.5. The molecule has 0 aliphatic heterocycles. The van der Waals surface area contributed by atoms with Gasteiger partial charge in [0, 0.05) is 10.9 Å². The van der Waals surface area contributed by atoms with Crippen molar-refractivity contribution < 1.29 is 14.3 Å². The molecule has 2 aromatic rings. The van der Waals surface area contributed by atoms with Gasteiger partial charge < -0.3 is 10.1 Å². The van der Waals surface area contributed by atoms with E-state index < -0.39 is 11.9 Å². The summed E-state index contributed by atoms with van der Waals surface area (Å²) in [6, 6.07) is -0.344. The Bertz CT molecular complexity index is 820. The van der Waals surface area contributed by atoms with E-state index in [-0.39, 0.29) is 12.6 Å². The number of nitrogens with zero attached hydrogens (tertiary/aromatic N) is 2. The van der Waals surface area contributed by atoms with Crippen molar-refractivity contribution in [3.63, 3.8) is 0 Å². The highest BCUT2D eigenvalue weighted by molar-refractivity contribution is 7.18. The molecular formula is C18H24N4O3S. The molecule has 26 heavy (non-hydrogen) atoms. The summed E-state index contributed by atoms with van der Waals surface area (Å²) in [6.45, 7) is 5.84. The topological polar surface area (TPSA) is 93.2 Å². The van der Waals surface area contributed by atoms with Crippen LogP contribution in [0.3, 0.4) is 0 Å². The Hall–Kier alpha value is -2.22. The zero-order chi connectivity index (χ0) is 18.7. The maximum Gasteiger partial charge on any atom is 0.321 e. The molecule has 1 saturated carbocycles. The molecule has 7 nitrogen and oxygen atoms in total. The van der Waals surface area contributed by atoms with E-state index in [1.54, 1.807) is 11.3 Å². The first-order valence-corrected chi connectivity index (χ1v) is 9.71. The number of hydrogen-bond donors (Lipinski definition) is 2. The molecule has 0 bridgehead atoms. The van der Waals surface area contributed by atoms with Gasteiger partial charge in [0.25, 0.3) is 5.91 Å². The van der Waals surface area contributed by atoms with Gasteiger partial charge in [0.05, 0.1) is 5.39 Å². The first-order valence-electron chi connectivity index (χ1n) is 8.89. The van der Waals surface area contributed by atoms with Crippen molar-refractivity contribution in [2.75, 3.05) is 6.61 Å². The van der Waals surface area contributed by atoms with Crippen molar-refractivity contribution in [2.24, 2.45) is 5.92 Å². The number of carbonyl (C=O) groups is 2. The molecule has 2 N–H and O–H groups in total. The number of carbonyl (C=O) groups excluding carboxylic acids is 2. The fourth-order valence-electron chi connectivity index (χ4n) is 3.29. The van der Waals surface area contributed by atoms with Crippen LogP contribution in [0.15, 0.2) is 6.33 Å². The van der Waals surface area contributed by atoms with E-state index in [0.29, 0.717) is 11.8 Å². The van der Waals surface area contributed by atoms with Crippen LogP contribution in [0.1, 0.15) is 43.0 Å². The molecule has 0 spiro atoms. The monoisotopic (exact) mass is 376 g/mol. The van der Waals surface area contributed by atoms with Gasteiger partial charge in [0.2, 0.25) is 5.88 Å². The lowest BCUT2D eigenvalue weighted by atomic mass is 9.86. The summed E-state index contributed by atoms with van der Waals surface area (Å²) in [5, 5.41) is 6.04. The zero-order valence-electron chi connectivity index (χ0n) is 15.3. The number of rotatable bonds is 4. The standard InChI is InChI=1S/C18H24N4O3S/c1-10-6-4-5-7-13(10)21-18(24)22-14(23)8-25-16-15-11(2)12(3)26-17(15)20-9-19-16/h9-10,13H,4-8H2,1-3H3,(H2,21,22,23,24). The molecule has 2 heterocycles. The molecule has 0 radical (unpaired) electrons. The second kappa shape index (κ2) is 7.99. The number of nitrogens with one attached hydrogen (secondary N) is 2. The van der Waals surface area contributed by atoms with Crippen molar-refractivity contribution in [3.05, 3.63) is 16.8 Å². The minimum absolute atomic E-state index is 0.121. The Balaban J connectivity index is 1.55. The van der Waals surface area contributed by atoms with Gasteiger partial charge in [-0.1, -0.05) is 19.8 Å². The summed E-state index contributed by atoms with van der Waals surface area (Å²) in [5.74, 6) is 0.301. The third-order valence-corrected chi connectivity index (χ3v) is 6.07.